The van der Waals surface area contributed by atoms with Gasteiger partial charge in [-0.15, -0.1) is 11.6 Å². The van der Waals surface area contributed by atoms with Crippen LogP contribution in [0.25, 0.3) is 0 Å². The second-order valence-corrected chi connectivity index (χ2v) is 7.48. The van der Waals surface area contributed by atoms with Crippen LogP contribution in [0, 0.1) is 5.92 Å². The van der Waals surface area contributed by atoms with Crippen molar-refractivity contribution >= 4 is 17.4 Å². The van der Waals surface area contributed by atoms with E-state index in [1.54, 1.807) is 0 Å². The zero-order valence-corrected chi connectivity index (χ0v) is 16.4. The van der Waals surface area contributed by atoms with Gasteiger partial charge in [0.05, 0.1) is 11.4 Å². The summed E-state index contributed by atoms with van der Waals surface area (Å²) in [4.78, 5) is 12.8. The van der Waals surface area contributed by atoms with E-state index in [1.165, 1.54) is 19.3 Å². The molecule has 2 aromatic carbocycles. The number of rotatable bonds is 9. The fraction of sp³-hybridized carbons (Fsp3) is 0.435. The molecule has 4 heteroatoms. The second kappa shape index (κ2) is 10.4. The molecule has 0 aromatic heterocycles. The Hall–Kier alpha value is -2.00. The third-order valence-electron chi connectivity index (χ3n) is 5.04. The summed E-state index contributed by atoms with van der Waals surface area (Å²) >= 11 is 5.78. The van der Waals surface area contributed by atoms with Crippen molar-refractivity contribution in [2.45, 2.75) is 45.1 Å². The van der Waals surface area contributed by atoms with Gasteiger partial charge in [-0.1, -0.05) is 62.4 Å². The van der Waals surface area contributed by atoms with Gasteiger partial charge in [0.25, 0.3) is 0 Å². The van der Waals surface area contributed by atoms with Crippen molar-refractivity contribution in [3.8, 4) is 11.5 Å². The van der Waals surface area contributed by atoms with Crippen molar-refractivity contribution in [1.82, 2.24) is 0 Å². The lowest BCUT2D eigenvalue weighted by atomic mass is 9.84. The van der Waals surface area contributed by atoms with Gasteiger partial charge in [-0.25, -0.2) is 0 Å². The van der Waals surface area contributed by atoms with Crippen LogP contribution in [0.5, 0.6) is 11.5 Å². The van der Waals surface area contributed by atoms with E-state index >= 15 is 0 Å². The summed E-state index contributed by atoms with van der Waals surface area (Å²) in [6.45, 7) is 0.846. The summed E-state index contributed by atoms with van der Waals surface area (Å²) < 4.78 is 11.6. The minimum atomic E-state index is 0.154. The Balaban J connectivity index is 1.69. The van der Waals surface area contributed by atoms with E-state index in [0.29, 0.717) is 48.5 Å². The molecule has 1 fully saturated rings. The summed E-state index contributed by atoms with van der Waals surface area (Å²) in [5, 5.41) is 0. The largest absolute Gasteiger partial charge is 0.491 e. The molecule has 0 saturated heterocycles. The average Bonchev–Trinajstić information content (AvgIpc) is 2.72. The molecule has 0 heterocycles. The molecule has 0 radical (unpaired) electrons. The van der Waals surface area contributed by atoms with E-state index in [-0.39, 0.29) is 5.78 Å². The number of halogens is 1. The number of alkyl halides is 1. The molecule has 0 N–H and O–H groups in total. The molecular formula is C23H27ClO3. The van der Waals surface area contributed by atoms with Crippen LogP contribution in [0.3, 0.4) is 0 Å². The molecule has 3 nitrogen and oxygen atoms in total. The van der Waals surface area contributed by atoms with Crippen molar-refractivity contribution in [3.05, 3.63) is 59.7 Å². The molecule has 27 heavy (non-hydrogen) atoms. The van der Waals surface area contributed by atoms with Gasteiger partial charge in [0.2, 0.25) is 0 Å². The van der Waals surface area contributed by atoms with Crippen LogP contribution in [0.15, 0.2) is 48.5 Å². The monoisotopic (exact) mass is 386 g/mol. The van der Waals surface area contributed by atoms with Crippen molar-refractivity contribution in [1.29, 1.82) is 0 Å². The van der Waals surface area contributed by atoms with Gasteiger partial charge in [-0.05, 0) is 23.6 Å². The lowest BCUT2D eigenvalue weighted by Crippen LogP contribution is -2.13. The number of ether oxygens (including phenoxy) is 2. The topological polar surface area (TPSA) is 35.5 Å². The summed E-state index contributed by atoms with van der Waals surface area (Å²) in [5.74, 6) is 2.30. The molecule has 0 atom stereocenters. The van der Waals surface area contributed by atoms with E-state index < -0.39 is 0 Å². The number of Topliss-reactive ketones (excluding diaryl/α,β-unsaturated/α-hetero) is 1. The molecule has 0 spiro atoms. The molecule has 1 aliphatic rings. The van der Waals surface area contributed by atoms with E-state index in [2.05, 4.69) is 0 Å². The normalized spacial score (nSPS) is 14.7. The molecular weight excluding hydrogens is 360 g/mol. The van der Waals surface area contributed by atoms with Crippen LogP contribution in [0.4, 0.5) is 0 Å². The van der Waals surface area contributed by atoms with E-state index in [1.807, 2.05) is 48.5 Å². The van der Waals surface area contributed by atoms with Crippen LogP contribution in [0.2, 0.25) is 0 Å². The van der Waals surface area contributed by atoms with Crippen molar-refractivity contribution in [2.24, 2.45) is 5.92 Å². The average molecular weight is 387 g/mol. The van der Waals surface area contributed by atoms with Gasteiger partial charge in [0.15, 0.2) is 5.78 Å². The van der Waals surface area contributed by atoms with E-state index in [0.717, 1.165) is 18.4 Å². The van der Waals surface area contributed by atoms with Crippen molar-refractivity contribution < 1.29 is 14.3 Å². The van der Waals surface area contributed by atoms with Gasteiger partial charge < -0.3 is 9.47 Å². The first-order chi connectivity index (χ1) is 13.3. The lowest BCUT2D eigenvalue weighted by Gasteiger charge is -2.21. The SMILES string of the molecule is O=C(CC1CCCCC1)c1ccc(OCc2ccccc2)cc1OCCCl. The summed E-state index contributed by atoms with van der Waals surface area (Å²) in [7, 11) is 0. The number of hydrogen-bond donors (Lipinski definition) is 0. The Morgan fingerprint density at radius 2 is 1.78 bits per heavy atom. The maximum absolute atomic E-state index is 12.8. The van der Waals surface area contributed by atoms with Crippen LogP contribution < -0.4 is 9.47 Å². The Morgan fingerprint density at radius 1 is 1.00 bits per heavy atom. The highest BCUT2D eigenvalue weighted by Crippen LogP contribution is 2.31. The van der Waals surface area contributed by atoms with Gasteiger partial charge in [-0.2, -0.15) is 0 Å². The molecule has 1 saturated carbocycles. The highest BCUT2D eigenvalue weighted by atomic mass is 35.5. The number of benzene rings is 2. The van der Waals surface area contributed by atoms with E-state index in [9.17, 15) is 4.79 Å². The maximum atomic E-state index is 12.8. The summed E-state index contributed by atoms with van der Waals surface area (Å²) in [6, 6.07) is 15.5. The highest BCUT2D eigenvalue weighted by Gasteiger charge is 2.21. The third-order valence-corrected chi connectivity index (χ3v) is 5.19. The van der Waals surface area contributed by atoms with Crippen molar-refractivity contribution in [2.75, 3.05) is 12.5 Å². The first kappa shape index (κ1) is 19.8. The first-order valence-corrected chi connectivity index (χ1v) is 10.3. The van der Waals surface area contributed by atoms with Gasteiger partial charge in [0.1, 0.15) is 24.7 Å². The molecule has 2 aromatic rings. The molecule has 1 aliphatic carbocycles. The molecule has 0 bridgehead atoms. The molecule has 0 unspecified atom stereocenters. The number of ketones is 1. The zero-order valence-electron chi connectivity index (χ0n) is 15.7. The van der Waals surface area contributed by atoms with Gasteiger partial charge in [0, 0.05) is 12.5 Å². The fourth-order valence-electron chi connectivity index (χ4n) is 3.60. The minimum absolute atomic E-state index is 0.154. The molecule has 144 valence electrons. The second-order valence-electron chi connectivity index (χ2n) is 7.10. The minimum Gasteiger partial charge on any atom is -0.491 e. The Kier molecular flexibility index (Phi) is 7.58. The Morgan fingerprint density at radius 3 is 2.52 bits per heavy atom. The third kappa shape index (κ3) is 6.00. The molecule has 0 amide bonds. The van der Waals surface area contributed by atoms with E-state index in [4.69, 9.17) is 21.1 Å². The summed E-state index contributed by atoms with van der Waals surface area (Å²) in [6.07, 6.45) is 6.67. The number of carbonyl (C=O) groups excluding carboxylic acids is 1. The number of hydrogen-bond acceptors (Lipinski definition) is 3. The van der Waals surface area contributed by atoms with Crippen LogP contribution in [0.1, 0.15) is 54.4 Å². The highest BCUT2D eigenvalue weighted by molar-refractivity contribution is 6.18. The number of carbonyl (C=O) groups is 1. The molecule has 0 aliphatic heterocycles. The van der Waals surface area contributed by atoms with Crippen LogP contribution >= 0.6 is 11.6 Å². The van der Waals surface area contributed by atoms with Crippen molar-refractivity contribution in [3.63, 3.8) is 0 Å². The van der Waals surface area contributed by atoms with Gasteiger partial charge >= 0.3 is 0 Å². The lowest BCUT2D eigenvalue weighted by molar-refractivity contribution is 0.0946. The summed E-state index contributed by atoms with van der Waals surface area (Å²) in [5.41, 5.74) is 1.73. The Bertz CT molecular complexity index is 724. The maximum Gasteiger partial charge on any atom is 0.166 e. The predicted octanol–water partition coefficient (Wildman–Crippen LogP) is 6.04. The van der Waals surface area contributed by atoms with Gasteiger partial charge in [-0.3, -0.25) is 4.79 Å². The first-order valence-electron chi connectivity index (χ1n) is 9.79. The predicted molar refractivity (Wildman–Crippen MR) is 109 cm³/mol. The van der Waals surface area contributed by atoms with Crippen LogP contribution in [-0.2, 0) is 6.61 Å². The Labute approximate surface area is 166 Å². The standard InChI is InChI=1S/C23H27ClO3/c24-13-14-26-23-16-20(27-17-19-9-5-2-6-10-19)11-12-21(23)22(25)15-18-7-3-1-4-8-18/h2,5-6,9-12,16,18H,1,3-4,7-8,13-15,17H2. The van der Waals surface area contributed by atoms with Crippen LogP contribution in [-0.4, -0.2) is 18.3 Å². The fourth-order valence-corrected chi connectivity index (χ4v) is 3.67. The molecule has 3 rings (SSSR count). The zero-order chi connectivity index (χ0) is 18.9. The quantitative estimate of drug-likeness (QED) is 0.389. The smallest absolute Gasteiger partial charge is 0.166 e.